The third kappa shape index (κ3) is 17.5. The van der Waals surface area contributed by atoms with Gasteiger partial charge in [-0.3, -0.25) is 4.90 Å². The van der Waals surface area contributed by atoms with Gasteiger partial charge in [0.15, 0.2) is 0 Å². The van der Waals surface area contributed by atoms with Crippen molar-refractivity contribution in [2.45, 2.75) is 59.8 Å². The third-order valence-electron chi connectivity index (χ3n) is 6.19. The molecule has 48 heavy (non-hydrogen) atoms. The first-order valence-corrected chi connectivity index (χ1v) is 17.9. The smallest absolute Gasteiger partial charge is 0.237 e. The Balaban J connectivity index is 0.000000341. The zero-order valence-electron chi connectivity index (χ0n) is 28.9. The van der Waals surface area contributed by atoms with Crippen molar-refractivity contribution in [3.63, 3.8) is 0 Å². The predicted molar refractivity (Wildman–Crippen MR) is 207 cm³/mol. The van der Waals surface area contributed by atoms with E-state index in [1.165, 1.54) is 6.20 Å². The van der Waals surface area contributed by atoms with Crippen LogP contribution in [-0.4, -0.2) is 86.6 Å². The number of aromatic nitrogens is 4. The van der Waals surface area contributed by atoms with Crippen molar-refractivity contribution in [2.75, 3.05) is 34.7 Å². The quantitative estimate of drug-likeness (QED) is 0.131. The molecule has 0 fully saturated rings. The fourth-order valence-electron chi connectivity index (χ4n) is 4.22. The summed E-state index contributed by atoms with van der Waals surface area (Å²) >= 11 is 23.2. The molecule has 0 bridgehead atoms. The van der Waals surface area contributed by atoms with Crippen LogP contribution in [0.4, 0.5) is 0 Å². The normalized spacial score (nSPS) is 10.7. The van der Waals surface area contributed by atoms with Gasteiger partial charge in [0, 0.05) is 48.7 Å². The fourth-order valence-corrected chi connectivity index (χ4v) is 5.11. The van der Waals surface area contributed by atoms with Crippen LogP contribution in [0.3, 0.4) is 0 Å². The number of benzene rings is 2. The molecule has 2 heterocycles. The molecule has 0 radical (unpaired) electrons. The Morgan fingerprint density at radius 1 is 0.729 bits per heavy atom. The average Bonchev–Trinajstić information content (AvgIpc) is 3.00. The van der Waals surface area contributed by atoms with Gasteiger partial charge < -0.3 is 19.6 Å². The van der Waals surface area contributed by atoms with Crippen LogP contribution in [0, 0.1) is 0 Å². The van der Waals surface area contributed by atoms with Crippen molar-refractivity contribution in [3.05, 3.63) is 96.7 Å². The second-order valence-electron chi connectivity index (χ2n) is 11.4. The highest BCUT2D eigenvalue weighted by Crippen LogP contribution is 2.30. The molecule has 0 saturated heterocycles. The molecule has 1 N–H and O–H groups in total. The number of hydrogen-bond acceptors (Lipinski definition) is 9. The van der Waals surface area contributed by atoms with Gasteiger partial charge in [-0.2, -0.15) is 4.98 Å². The summed E-state index contributed by atoms with van der Waals surface area (Å²) < 4.78 is 7.12. The zero-order chi connectivity index (χ0) is 36.4. The van der Waals surface area contributed by atoms with Gasteiger partial charge in [0.2, 0.25) is 16.4 Å². The zero-order valence-corrected chi connectivity index (χ0v) is 34.4. The number of aromatic hydroxyl groups is 1. The number of phenolic OH excluding ortho intramolecular Hbond substituents is 1. The van der Waals surface area contributed by atoms with Crippen LogP contribution in [0.5, 0.6) is 17.4 Å². The maximum absolute atomic E-state index is 9.33. The van der Waals surface area contributed by atoms with Gasteiger partial charge in [0.05, 0.1) is 8.95 Å². The molecule has 14 heteroatoms. The molecule has 2 aromatic carbocycles. The van der Waals surface area contributed by atoms with Gasteiger partial charge in [-0.05, 0) is 130 Å². The Morgan fingerprint density at radius 2 is 1.21 bits per heavy atom. The maximum Gasteiger partial charge on any atom is 0.237 e. The monoisotopic (exact) mass is 847 g/mol. The van der Waals surface area contributed by atoms with E-state index in [4.69, 9.17) is 39.5 Å². The van der Waals surface area contributed by atoms with E-state index in [9.17, 15) is 5.11 Å². The Hall–Kier alpha value is -2.09. The number of rotatable bonds is 9. The van der Waals surface area contributed by atoms with Crippen LogP contribution < -0.4 is 4.74 Å². The Labute approximate surface area is 317 Å². The third-order valence-corrected chi connectivity index (χ3v) is 8.20. The number of halogens is 5. The number of phenols is 1. The van der Waals surface area contributed by atoms with Crippen LogP contribution in [0.2, 0.25) is 15.7 Å². The largest absolute Gasteiger partial charge is 0.508 e. The van der Waals surface area contributed by atoms with E-state index < -0.39 is 0 Å². The first-order valence-electron chi connectivity index (χ1n) is 15.1. The minimum absolute atomic E-state index is 0.156. The van der Waals surface area contributed by atoms with Crippen LogP contribution in [-0.2, 0) is 13.1 Å². The van der Waals surface area contributed by atoms with Gasteiger partial charge >= 0.3 is 0 Å². The second kappa shape index (κ2) is 23.3. The molecule has 0 atom stereocenters. The van der Waals surface area contributed by atoms with E-state index in [0.717, 1.165) is 36.5 Å². The number of hydrogen-bond donors (Lipinski definition) is 1. The van der Waals surface area contributed by atoms with E-state index in [-0.39, 0.29) is 10.6 Å². The Bertz CT molecular complexity index is 1510. The van der Waals surface area contributed by atoms with Gasteiger partial charge in [-0.25, -0.2) is 15.0 Å². The van der Waals surface area contributed by atoms with Crippen molar-refractivity contribution in [2.24, 2.45) is 0 Å². The Kier molecular flexibility index (Phi) is 21.4. The minimum atomic E-state index is 0.156. The highest BCUT2D eigenvalue weighted by atomic mass is 79.9. The molecule has 4 aromatic rings. The van der Waals surface area contributed by atoms with Crippen molar-refractivity contribution in [1.82, 2.24) is 34.6 Å². The number of ether oxygens (including phenoxy) is 1. The molecular formula is C34H46Br2Cl3N7O2. The topological polar surface area (TPSA) is 90.7 Å². The van der Waals surface area contributed by atoms with Crippen LogP contribution in [0.15, 0.2) is 69.9 Å². The standard InChI is InChI=1S/C13H13BrClN3O.C9H13NO.C8H19N.C4HBrCl2N2/c1-18(2)8-9-5-3-4-6-11(9)19-12-10(14)7-16-13(15)17-12;1-10(2)7-8-5-3-4-6-9(8)11;1-6-9(7(2)3)8(4)5;5-2-1-8-4(7)9-3(2)6/h3-7H,8H2,1-2H3;3-6,11H,7H2,1-2H3;7-8H,6H2,1-5H3;1H. The summed E-state index contributed by atoms with van der Waals surface area (Å²) in [5, 5.41) is 9.97. The van der Waals surface area contributed by atoms with E-state index in [0.29, 0.717) is 37.8 Å². The van der Waals surface area contributed by atoms with Crippen LogP contribution in [0.1, 0.15) is 45.7 Å². The molecule has 0 aliphatic rings. The summed E-state index contributed by atoms with van der Waals surface area (Å²) in [5.74, 6) is 1.54. The minimum Gasteiger partial charge on any atom is -0.508 e. The first kappa shape index (κ1) is 43.9. The van der Waals surface area contributed by atoms with Gasteiger partial charge in [-0.15, -0.1) is 0 Å². The highest BCUT2D eigenvalue weighted by Gasteiger charge is 2.11. The van der Waals surface area contributed by atoms with E-state index in [2.05, 4.69) is 96.2 Å². The fraction of sp³-hybridized carbons (Fsp3) is 0.412. The van der Waals surface area contributed by atoms with Crippen molar-refractivity contribution in [1.29, 1.82) is 0 Å². The van der Waals surface area contributed by atoms with E-state index >= 15 is 0 Å². The molecule has 0 amide bonds. The molecular weight excluding hydrogens is 805 g/mol. The van der Waals surface area contributed by atoms with Crippen molar-refractivity contribution in [3.8, 4) is 17.4 Å². The molecule has 0 aliphatic heterocycles. The summed E-state index contributed by atoms with van der Waals surface area (Å²) in [5.41, 5.74) is 2.05. The van der Waals surface area contributed by atoms with E-state index in [1.54, 1.807) is 12.3 Å². The number of nitrogens with zero attached hydrogens (tertiary/aromatic N) is 7. The first-order chi connectivity index (χ1) is 22.5. The van der Waals surface area contributed by atoms with E-state index in [1.807, 2.05) is 75.6 Å². The van der Waals surface area contributed by atoms with Crippen LogP contribution >= 0.6 is 66.7 Å². The summed E-state index contributed by atoms with van der Waals surface area (Å²) in [6.45, 7) is 13.9. The lowest BCUT2D eigenvalue weighted by Crippen LogP contribution is -2.36. The van der Waals surface area contributed by atoms with Gasteiger partial charge in [0.1, 0.15) is 16.7 Å². The Morgan fingerprint density at radius 3 is 1.67 bits per heavy atom. The van der Waals surface area contributed by atoms with Crippen LogP contribution in [0.25, 0.3) is 0 Å². The molecule has 0 aliphatic carbocycles. The van der Waals surface area contributed by atoms with Crippen molar-refractivity contribution >= 4 is 66.7 Å². The summed E-state index contributed by atoms with van der Waals surface area (Å²) in [6.07, 6.45) is 3.07. The van der Waals surface area contributed by atoms with Crippen molar-refractivity contribution < 1.29 is 9.84 Å². The SMILES string of the molecule is CCN(C(C)C)C(C)C.CN(C)Cc1ccccc1O.CN(C)Cc1ccccc1Oc1nc(Cl)ncc1Br.Clc1ncc(Br)c(Cl)n1. The summed E-state index contributed by atoms with van der Waals surface area (Å²) in [4.78, 5) is 21.8. The lowest BCUT2D eigenvalue weighted by molar-refractivity contribution is 0.185. The molecule has 2 aromatic heterocycles. The molecule has 9 nitrogen and oxygen atoms in total. The highest BCUT2D eigenvalue weighted by molar-refractivity contribution is 9.10. The maximum atomic E-state index is 9.33. The molecule has 264 valence electrons. The molecule has 4 rings (SSSR count). The molecule has 0 spiro atoms. The molecule has 0 saturated carbocycles. The lowest BCUT2D eigenvalue weighted by atomic mass is 10.2. The summed E-state index contributed by atoms with van der Waals surface area (Å²) in [6, 6.07) is 16.6. The second-order valence-corrected chi connectivity index (χ2v) is 14.1. The number of para-hydroxylation sites is 2. The summed E-state index contributed by atoms with van der Waals surface area (Å²) in [7, 11) is 7.97. The lowest BCUT2D eigenvalue weighted by Gasteiger charge is -2.28. The predicted octanol–water partition coefficient (Wildman–Crippen LogP) is 9.87. The average molecular weight is 851 g/mol. The molecule has 0 unspecified atom stereocenters. The van der Waals surface area contributed by atoms with Gasteiger partial charge in [-0.1, -0.05) is 54.9 Å². The van der Waals surface area contributed by atoms with Gasteiger partial charge in [0.25, 0.3) is 0 Å².